The van der Waals surface area contributed by atoms with Gasteiger partial charge in [0.05, 0.1) is 39.6 Å². The topological polar surface area (TPSA) is 749 Å². The van der Waals surface area contributed by atoms with E-state index in [1.165, 1.54) is 114 Å². The van der Waals surface area contributed by atoms with E-state index in [2.05, 4.69) is 71.2 Å². The molecule has 6 aromatic rings. The number of ether oxygens (including phenoxy) is 6. The van der Waals surface area contributed by atoms with Gasteiger partial charge in [0.15, 0.2) is 49.2 Å². The summed E-state index contributed by atoms with van der Waals surface area (Å²) in [6.07, 6.45) is -6.88. The summed E-state index contributed by atoms with van der Waals surface area (Å²) in [6, 6.07) is 5.48. The van der Waals surface area contributed by atoms with Crippen LogP contribution in [0.4, 0.5) is 32.1 Å². The molecule has 8 unspecified atom stereocenters. The summed E-state index contributed by atoms with van der Waals surface area (Å²) >= 11 is 11.0. The van der Waals surface area contributed by atoms with Crippen molar-refractivity contribution >= 4 is 106 Å². The number of thiol groups is 3. The van der Waals surface area contributed by atoms with Crippen LogP contribution < -0.4 is 68.2 Å². The van der Waals surface area contributed by atoms with Crippen molar-refractivity contribution < 1.29 is 137 Å². The Hall–Kier alpha value is -7.25. The molecule has 26 atom stereocenters. The first kappa shape index (κ1) is 104. The van der Waals surface area contributed by atoms with Crippen LogP contribution in [-0.2, 0) is 83.0 Å². The smallest absolute Gasteiger partial charge is 0.393 e. The normalized spacial score (nSPS) is 31.1. The van der Waals surface area contributed by atoms with Gasteiger partial charge in [0.25, 0.3) is 11.1 Å². The molecule has 12 heterocycles. The summed E-state index contributed by atoms with van der Waals surface area (Å²) in [6.45, 7) is 9.18. The summed E-state index contributed by atoms with van der Waals surface area (Å²) in [7, 11) is -15.5. The molecule has 51 nitrogen and oxygen atoms in total. The lowest BCUT2D eigenvalue weighted by atomic mass is 9.99. The zero-order chi connectivity index (χ0) is 93.0. The minimum atomic E-state index is -3.11. The van der Waals surface area contributed by atoms with Gasteiger partial charge in [-0.1, -0.05) is 0 Å². The van der Waals surface area contributed by atoms with E-state index in [9.17, 15) is 105 Å². The molecule has 0 bridgehead atoms. The molecule has 6 aliphatic rings. The number of H-pyrrole nitrogens is 2. The molecule has 0 radical (unpaired) electrons. The van der Waals surface area contributed by atoms with Gasteiger partial charge in [-0.2, -0.15) is 19.9 Å². The molecule has 124 heavy (non-hydrogen) atoms. The van der Waals surface area contributed by atoms with Crippen molar-refractivity contribution in [1.82, 2.24) is 57.3 Å². The van der Waals surface area contributed by atoms with Crippen LogP contribution in [0, 0.1) is 13.8 Å². The maximum atomic E-state index is 14.5. The van der Waals surface area contributed by atoms with Crippen LogP contribution in [0.3, 0.4) is 0 Å². The molecule has 6 aromatic heterocycles. The van der Waals surface area contributed by atoms with Gasteiger partial charge in [0.1, 0.15) is 131 Å². The number of aromatic nitrogens is 12. The van der Waals surface area contributed by atoms with Crippen molar-refractivity contribution in [3.63, 3.8) is 0 Å². The first-order chi connectivity index (χ1) is 57.8. The van der Waals surface area contributed by atoms with E-state index in [0.717, 1.165) is 9.13 Å². The Labute approximate surface area is 717 Å². The number of aliphatic hydroxyl groups excluding tert-OH is 6. The van der Waals surface area contributed by atoms with E-state index < -0.39 is 238 Å². The Bertz CT molecular complexity index is 5080. The fraction of sp³-hybridized carbons (Fsp3) is 0.613. The number of nitrogens with zero attached hydrogens (tertiary/aromatic N) is 10. The van der Waals surface area contributed by atoms with Crippen molar-refractivity contribution in [2.24, 2.45) is 0 Å². The Morgan fingerprint density at radius 1 is 0.403 bits per heavy atom. The quantitative estimate of drug-likeness (QED) is 0.0278. The fourth-order valence-electron chi connectivity index (χ4n) is 12.9. The van der Waals surface area contributed by atoms with Crippen molar-refractivity contribution in [2.45, 2.75) is 201 Å². The predicted molar refractivity (Wildman–Crippen MR) is 434 cm³/mol. The fourth-order valence-corrected chi connectivity index (χ4v) is 17.0. The number of nitrogens with two attached hydrogens (primary N) is 4. The Kier molecular flexibility index (Phi) is 36.6. The number of aryl methyl sites for hydroxylation is 2. The summed E-state index contributed by atoms with van der Waals surface area (Å²) in [4.78, 5) is 138. The summed E-state index contributed by atoms with van der Waals surface area (Å²) < 4.78 is 164. The van der Waals surface area contributed by atoms with Gasteiger partial charge in [0, 0.05) is 87.7 Å². The van der Waals surface area contributed by atoms with Gasteiger partial charge in [-0.05, 0) is 93.4 Å². The standard InChI is InChI=1S/C11H15N2O7P.C11H15N2O6PS.C10H13FN3O6P.C10H13FN3O5PS.C10H14N3O6P.C10H14N3O5PS/c1-6-4-13(10(16)12-9(6)15)8-3-7(20-21(17)18)11(2,5-14)19-8;1-6-4-13(10(16)12-9(6)15)8-3-7(19-20(17)21)11(2,5-14)18-8;1-10(4-15)7(20-21(17)18)6(11)8(19-10)14-3-2-5(12)13-9(14)16;1-10(4-15)7(19-20(17)21)6(11)8(18-10)14-3-2-5(12)13-9(14)16;1-10(5-14)6(19-20(16)17)4-8(18-10)13-3-2-7(11)12-9(13)15;1-10(5-14)6(18-19(16)20)4-8(17-10)13-3-2-7(11)12-9(13)15/h4,7-8,14H,3,5H2,1-2H3,(H-,12,15,16,17,18);4,7-8,14H,3,5H2,1-2H3,(H-,12,15,16,17,21);2-3,6-8,15H,4H2,1H3,(H2-,12,13,16,17,18);2-3,6-8,15H,4H2,1H3,(H2-,12,13,16,17,21);2-3,6,8,14H,4-5H2,1H3,(H2-,11,12,15,16,17);2-3,6,8,14H,4-5H2,1H3,(H2-,11,12,15,16,20)/p+6/t2*7-,8-,11-;2*6?,7-,8-,10-;2*6-,8-,10-/m111111/s1. The average Bonchev–Trinajstić information content (AvgIpc) is 1.61. The highest BCUT2D eigenvalue weighted by Gasteiger charge is 2.61. The predicted octanol–water partition coefficient (Wildman–Crippen LogP) is -0.0707. The molecule has 12 rings (SSSR count). The number of aliphatic hydroxyl groups is 6. The van der Waals surface area contributed by atoms with E-state index in [1.54, 1.807) is 20.8 Å². The molecular weight excluding hydrogens is 1850 g/mol. The van der Waals surface area contributed by atoms with E-state index in [1.807, 2.05) is 0 Å². The van der Waals surface area contributed by atoms with Crippen LogP contribution in [0.15, 0.2) is 99.8 Å². The highest BCUT2D eigenvalue weighted by Crippen LogP contribution is 2.49. The second-order valence-electron chi connectivity index (χ2n) is 28.9. The van der Waals surface area contributed by atoms with Gasteiger partial charge in [-0.25, -0.2) is 37.5 Å². The molecule has 6 aliphatic heterocycles. The van der Waals surface area contributed by atoms with Gasteiger partial charge in [-0.3, -0.25) is 47.0 Å². The third kappa shape index (κ3) is 25.6. The number of rotatable bonds is 24. The number of nitrogens with one attached hydrogen (secondary N) is 2. The SMILES string of the molecule is C[C@]1(CO)O[C@@H](n2ccc(N)nc2=O)C(F)[C@H]1O[P+](=O)O.C[C@]1(CO)O[C@@H](n2ccc(N)nc2=O)C(F)[C@H]1O[P+](=O)S.C[C@]1(CO)O[C@@H](n2ccc(N)nc2=O)C[C@H]1O[P+](=O)O.C[C@]1(CO)O[C@@H](n2ccc(N)nc2=O)C[C@H]1O[P+](=O)S.Cc1cn([C@H]2C[C@@H](O[P+](=O)O)[C@@](C)(CO)O2)c(=O)[nH]c1=O.Cc1cn([C@H]2C[C@@H](O[P+](=O)S)[C@@](C)(CO)O2)c(=O)[nH]c1=O. The highest BCUT2D eigenvalue weighted by molar-refractivity contribution is 8.39. The van der Waals surface area contributed by atoms with Crippen LogP contribution in [0.2, 0.25) is 0 Å². The van der Waals surface area contributed by atoms with Crippen molar-refractivity contribution in [3.8, 4) is 0 Å². The molecule has 62 heteroatoms. The van der Waals surface area contributed by atoms with E-state index in [4.69, 9.17) is 88.7 Å². The van der Waals surface area contributed by atoms with Crippen molar-refractivity contribution in [2.75, 3.05) is 62.6 Å². The van der Waals surface area contributed by atoms with Gasteiger partial charge >= 0.3 is 80.6 Å². The minimum Gasteiger partial charge on any atom is -0.393 e. The van der Waals surface area contributed by atoms with E-state index in [-0.39, 0.29) is 62.2 Å². The highest BCUT2D eigenvalue weighted by atomic mass is 32.7. The average molecular weight is 1940 g/mol. The molecule has 6 fully saturated rings. The molecule has 19 N–H and O–H groups in total. The lowest BCUT2D eigenvalue weighted by Gasteiger charge is -2.24. The third-order valence-corrected chi connectivity index (χ3v) is 23.2. The van der Waals surface area contributed by atoms with Crippen molar-refractivity contribution in [3.05, 3.63) is 156 Å². The number of halogens is 2. The number of alkyl halides is 2. The van der Waals surface area contributed by atoms with Crippen LogP contribution >= 0.6 is 83.2 Å². The second kappa shape index (κ2) is 43.7. The number of nitrogen functional groups attached to an aromatic ring is 4. The van der Waals surface area contributed by atoms with Crippen LogP contribution in [-0.4, -0.2) is 225 Å². The lowest BCUT2D eigenvalue weighted by Crippen LogP contribution is -2.43. The molecule has 0 aromatic carbocycles. The molecule has 0 saturated carbocycles. The second-order valence-corrected chi connectivity index (χ2v) is 36.0. The molecule has 0 amide bonds. The van der Waals surface area contributed by atoms with Crippen LogP contribution in [0.1, 0.15) is 116 Å². The van der Waals surface area contributed by atoms with Gasteiger partial charge < -0.3 is 82.0 Å². The van der Waals surface area contributed by atoms with Crippen molar-refractivity contribution in [1.29, 1.82) is 0 Å². The number of aromatic amines is 2. The zero-order valence-corrected chi connectivity index (χ0v) is 74.2. The molecule has 0 spiro atoms. The minimum absolute atomic E-state index is 0.0131. The number of hydrogen-bond acceptors (Lipinski definition) is 40. The van der Waals surface area contributed by atoms with E-state index >= 15 is 0 Å². The summed E-state index contributed by atoms with van der Waals surface area (Å²) in [5.41, 5.74) is 9.48. The summed E-state index contributed by atoms with van der Waals surface area (Å²) in [5, 5.41) is 56.4. The third-order valence-electron chi connectivity index (χ3n) is 19.8. The molecule has 6 saturated heterocycles. The van der Waals surface area contributed by atoms with E-state index in [0.29, 0.717) is 11.1 Å². The lowest BCUT2D eigenvalue weighted by molar-refractivity contribution is -0.113. The monoisotopic (exact) mass is 1940 g/mol. The maximum Gasteiger partial charge on any atom is 0.695 e. The molecule has 0 aliphatic carbocycles. The van der Waals surface area contributed by atoms with Crippen LogP contribution in [0.25, 0.3) is 0 Å². The van der Waals surface area contributed by atoms with Crippen LogP contribution in [0.5, 0.6) is 0 Å². The maximum absolute atomic E-state index is 14.5. The molecule has 684 valence electrons. The number of hydrogen-bond donors (Lipinski definition) is 18. The Morgan fingerprint density at radius 2 is 0.645 bits per heavy atom. The largest absolute Gasteiger partial charge is 0.695 e. The molecular formula is C62H90F2N16O35P6S3+6. The first-order valence-corrected chi connectivity index (χ1v) is 46.2. The van der Waals surface area contributed by atoms with Gasteiger partial charge in [0.2, 0.25) is 0 Å². The first-order valence-electron chi connectivity index (χ1n) is 35.8. The zero-order valence-electron chi connectivity index (χ0n) is 66.1. The van der Waals surface area contributed by atoms with Gasteiger partial charge in [-0.15, -0.1) is 41.8 Å². The Balaban J connectivity index is 0.000000204. The number of anilines is 4. The Morgan fingerprint density at radius 3 is 0.887 bits per heavy atom. The summed E-state index contributed by atoms with van der Waals surface area (Å²) in [5.74, 6) is 0.141.